The number of benzene rings is 2. The van der Waals surface area contributed by atoms with Gasteiger partial charge in [0.25, 0.3) is 0 Å². The third-order valence-corrected chi connectivity index (χ3v) is 4.11. The van der Waals surface area contributed by atoms with E-state index >= 15 is 0 Å². The number of rotatable bonds is 7. The number of hydrogen-bond donors (Lipinski definition) is 0. The first-order valence-electron chi connectivity index (χ1n) is 8.59. The molecule has 0 amide bonds. The number of esters is 2. The fourth-order valence-electron chi connectivity index (χ4n) is 2.42. The Morgan fingerprint density at radius 1 is 0.880 bits per heavy atom. The normalized spacial score (nSPS) is 10.4. The van der Waals surface area contributed by atoms with Crippen molar-refractivity contribution in [2.24, 2.45) is 0 Å². The molecule has 0 aliphatic rings. The topological polar surface area (TPSA) is 52.6 Å². The van der Waals surface area contributed by atoms with E-state index < -0.39 is 11.9 Å². The fourth-order valence-corrected chi connectivity index (χ4v) is 2.42. The Labute approximate surface area is 148 Å². The van der Waals surface area contributed by atoms with E-state index in [-0.39, 0.29) is 11.1 Å². The zero-order valence-corrected chi connectivity index (χ0v) is 15.0. The molecule has 132 valence electrons. The van der Waals surface area contributed by atoms with Gasteiger partial charge in [0, 0.05) is 0 Å². The number of aryl methyl sites for hydroxylation is 1. The smallest absolute Gasteiger partial charge is 0.344 e. The number of unbranched alkanes of at least 4 members (excludes halogenated alkanes) is 2. The zero-order valence-electron chi connectivity index (χ0n) is 15.0. The first-order valence-corrected chi connectivity index (χ1v) is 8.59. The van der Waals surface area contributed by atoms with Crippen LogP contribution in [0.5, 0.6) is 5.75 Å². The molecule has 0 N–H and O–H groups in total. The molecule has 2 aromatic rings. The van der Waals surface area contributed by atoms with Gasteiger partial charge in [-0.3, -0.25) is 0 Å². The Morgan fingerprint density at radius 3 is 2.24 bits per heavy atom. The SMILES string of the molecule is CCCCCOC(=O)c1ccccc1C(=O)Oc1cccc(C)c1C. The van der Waals surface area contributed by atoms with Crippen LogP contribution in [0.4, 0.5) is 0 Å². The van der Waals surface area contributed by atoms with E-state index in [1.807, 2.05) is 26.0 Å². The van der Waals surface area contributed by atoms with E-state index in [0.717, 1.165) is 30.4 Å². The van der Waals surface area contributed by atoms with Crippen molar-refractivity contribution < 1.29 is 19.1 Å². The third kappa shape index (κ3) is 4.92. The summed E-state index contributed by atoms with van der Waals surface area (Å²) in [5, 5.41) is 0. The molecule has 0 spiro atoms. The highest BCUT2D eigenvalue weighted by atomic mass is 16.5. The molecule has 0 heterocycles. The lowest BCUT2D eigenvalue weighted by atomic mass is 10.1. The Bertz CT molecular complexity index is 749. The van der Waals surface area contributed by atoms with Crippen molar-refractivity contribution >= 4 is 11.9 Å². The highest BCUT2D eigenvalue weighted by Gasteiger charge is 2.20. The van der Waals surface area contributed by atoms with E-state index in [0.29, 0.717) is 12.4 Å². The van der Waals surface area contributed by atoms with Crippen LogP contribution in [0.25, 0.3) is 0 Å². The maximum absolute atomic E-state index is 12.5. The van der Waals surface area contributed by atoms with Gasteiger partial charge in [0.2, 0.25) is 0 Å². The second-order valence-corrected chi connectivity index (χ2v) is 5.98. The van der Waals surface area contributed by atoms with E-state index in [4.69, 9.17) is 9.47 Å². The number of hydrogen-bond acceptors (Lipinski definition) is 4. The van der Waals surface area contributed by atoms with Crippen LogP contribution < -0.4 is 4.74 Å². The van der Waals surface area contributed by atoms with E-state index in [1.54, 1.807) is 30.3 Å². The maximum atomic E-state index is 12.5. The molecular formula is C21H24O4. The largest absolute Gasteiger partial charge is 0.462 e. The first-order chi connectivity index (χ1) is 12.0. The quantitative estimate of drug-likeness (QED) is 0.410. The summed E-state index contributed by atoms with van der Waals surface area (Å²) in [5.41, 5.74) is 2.38. The van der Waals surface area contributed by atoms with Gasteiger partial charge >= 0.3 is 11.9 Å². The number of carbonyl (C=O) groups excluding carboxylic acids is 2. The molecule has 0 saturated carbocycles. The lowest BCUT2D eigenvalue weighted by Crippen LogP contribution is -2.16. The van der Waals surface area contributed by atoms with Crippen LogP contribution in [0.15, 0.2) is 42.5 Å². The van der Waals surface area contributed by atoms with Gasteiger partial charge in [0.1, 0.15) is 5.75 Å². The molecule has 4 nitrogen and oxygen atoms in total. The molecule has 0 unspecified atom stereocenters. The van der Waals surface area contributed by atoms with E-state index in [2.05, 4.69) is 6.92 Å². The lowest BCUT2D eigenvalue weighted by molar-refractivity contribution is 0.0490. The minimum Gasteiger partial charge on any atom is -0.462 e. The minimum atomic E-state index is -0.560. The summed E-state index contributed by atoms with van der Waals surface area (Å²) in [4.78, 5) is 24.8. The van der Waals surface area contributed by atoms with Gasteiger partial charge in [-0.15, -0.1) is 0 Å². The van der Waals surface area contributed by atoms with Crippen molar-refractivity contribution in [1.29, 1.82) is 0 Å². The molecule has 0 aliphatic carbocycles. The van der Waals surface area contributed by atoms with E-state index in [9.17, 15) is 9.59 Å². The van der Waals surface area contributed by atoms with Crippen LogP contribution in [0, 0.1) is 13.8 Å². The molecule has 2 aromatic carbocycles. The highest BCUT2D eigenvalue weighted by Crippen LogP contribution is 2.22. The number of ether oxygens (including phenoxy) is 2. The molecule has 0 fully saturated rings. The first kappa shape index (κ1) is 18.7. The van der Waals surface area contributed by atoms with Crippen molar-refractivity contribution in [3.63, 3.8) is 0 Å². The molecule has 0 radical (unpaired) electrons. The third-order valence-electron chi connectivity index (χ3n) is 4.11. The fraction of sp³-hybridized carbons (Fsp3) is 0.333. The molecule has 0 aliphatic heterocycles. The van der Waals surface area contributed by atoms with Gasteiger partial charge in [0.05, 0.1) is 17.7 Å². The van der Waals surface area contributed by atoms with Crippen molar-refractivity contribution in [3.8, 4) is 5.75 Å². The standard InChI is InChI=1S/C21H24O4/c1-4-5-8-14-24-20(22)17-11-6-7-12-18(17)21(23)25-19-13-9-10-15(2)16(19)3/h6-7,9-13H,4-5,8,14H2,1-3H3. The highest BCUT2D eigenvalue weighted by molar-refractivity contribution is 6.03. The van der Waals surface area contributed by atoms with Crippen LogP contribution in [0.3, 0.4) is 0 Å². The van der Waals surface area contributed by atoms with Gasteiger partial charge in [0.15, 0.2) is 0 Å². The van der Waals surface area contributed by atoms with E-state index in [1.165, 1.54) is 0 Å². The molecule has 0 aromatic heterocycles. The Balaban J connectivity index is 2.15. The zero-order chi connectivity index (χ0) is 18.2. The Kier molecular flexibility index (Phi) is 6.75. The van der Waals surface area contributed by atoms with Crippen LogP contribution in [0.1, 0.15) is 58.0 Å². The summed E-state index contributed by atoms with van der Waals surface area (Å²) < 4.78 is 10.8. The summed E-state index contributed by atoms with van der Waals surface area (Å²) >= 11 is 0. The van der Waals surface area contributed by atoms with Crippen LogP contribution in [-0.4, -0.2) is 18.5 Å². The lowest BCUT2D eigenvalue weighted by Gasteiger charge is -2.11. The van der Waals surface area contributed by atoms with Gasteiger partial charge in [-0.2, -0.15) is 0 Å². The molecule has 4 heteroatoms. The molecule has 0 saturated heterocycles. The van der Waals surface area contributed by atoms with Crippen LogP contribution in [-0.2, 0) is 4.74 Å². The van der Waals surface area contributed by atoms with Gasteiger partial charge in [-0.1, -0.05) is 44.0 Å². The van der Waals surface area contributed by atoms with Crippen molar-refractivity contribution in [1.82, 2.24) is 0 Å². The van der Waals surface area contributed by atoms with Crippen molar-refractivity contribution in [3.05, 3.63) is 64.7 Å². The molecule has 25 heavy (non-hydrogen) atoms. The Hall–Kier alpha value is -2.62. The van der Waals surface area contributed by atoms with Gasteiger partial charge in [-0.25, -0.2) is 9.59 Å². The molecular weight excluding hydrogens is 316 g/mol. The van der Waals surface area contributed by atoms with Crippen molar-refractivity contribution in [2.75, 3.05) is 6.61 Å². The number of carbonyl (C=O) groups is 2. The van der Waals surface area contributed by atoms with Gasteiger partial charge < -0.3 is 9.47 Å². The second-order valence-electron chi connectivity index (χ2n) is 5.98. The van der Waals surface area contributed by atoms with Crippen LogP contribution in [0.2, 0.25) is 0 Å². The molecule has 0 atom stereocenters. The summed E-state index contributed by atoms with van der Waals surface area (Å²) in [6.45, 7) is 6.29. The predicted octanol–water partition coefficient (Wildman–Crippen LogP) is 4.87. The van der Waals surface area contributed by atoms with Gasteiger partial charge in [-0.05, 0) is 49.6 Å². The monoisotopic (exact) mass is 340 g/mol. The van der Waals surface area contributed by atoms with Crippen molar-refractivity contribution in [2.45, 2.75) is 40.0 Å². The molecule has 2 rings (SSSR count). The second kappa shape index (κ2) is 9.02. The molecule has 0 bridgehead atoms. The summed E-state index contributed by atoms with van der Waals surface area (Å²) in [5.74, 6) is -0.560. The minimum absolute atomic E-state index is 0.212. The van der Waals surface area contributed by atoms with Crippen LogP contribution >= 0.6 is 0 Å². The summed E-state index contributed by atoms with van der Waals surface area (Å²) in [6.07, 6.45) is 2.87. The average molecular weight is 340 g/mol. The Morgan fingerprint density at radius 2 is 1.56 bits per heavy atom. The average Bonchev–Trinajstić information content (AvgIpc) is 2.62. The maximum Gasteiger partial charge on any atom is 0.344 e. The summed E-state index contributed by atoms with van der Waals surface area (Å²) in [6, 6.07) is 12.1. The summed E-state index contributed by atoms with van der Waals surface area (Å²) in [7, 11) is 0. The predicted molar refractivity (Wildman–Crippen MR) is 97.1 cm³/mol.